The third kappa shape index (κ3) is 4.26. The van der Waals surface area contributed by atoms with Gasteiger partial charge in [0.15, 0.2) is 6.29 Å². The number of nitrogens with zero attached hydrogens (tertiary/aromatic N) is 4. The summed E-state index contributed by atoms with van der Waals surface area (Å²) in [6.45, 7) is 0.200. The molecule has 0 amide bonds. The Hall–Kier alpha value is -3.36. The first-order chi connectivity index (χ1) is 14.7. The van der Waals surface area contributed by atoms with Gasteiger partial charge in [0.2, 0.25) is 0 Å². The van der Waals surface area contributed by atoms with Crippen molar-refractivity contribution < 1.29 is 21.7 Å². The molecule has 0 atom stereocenters. The van der Waals surface area contributed by atoms with Crippen LogP contribution >= 0.6 is 0 Å². The second kappa shape index (κ2) is 8.05. The number of H-pyrrole nitrogens is 1. The largest absolute Gasteiger partial charge is 0.404 e. The molecule has 0 bridgehead atoms. The molecule has 14 heteroatoms. The summed E-state index contributed by atoms with van der Waals surface area (Å²) < 4.78 is 33.4. The maximum Gasteiger partial charge on any atom is 0.404 e. The Bertz CT molecular complexity index is 1350. The molecule has 2 aromatic heterocycles. The monoisotopic (exact) mass is 451 g/mol. The Morgan fingerprint density at radius 1 is 1.19 bits per heavy atom. The molecule has 0 unspecified atom stereocenters. The number of benzene rings is 1. The highest BCUT2D eigenvalue weighted by molar-refractivity contribution is 7.82. The average Bonchev–Trinajstić information content (AvgIpc) is 3.22. The fourth-order valence-corrected chi connectivity index (χ4v) is 4.13. The molecule has 1 aliphatic rings. The third-order valence-corrected chi connectivity index (χ3v) is 5.72. The van der Waals surface area contributed by atoms with Crippen LogP contribution in [-0.4, -0.2) is 38.7 Å². The molecule has 1 saturated heterocycles. The van der Waals surface area contributed by atoms with Crippen molar-refractivity contribution in [1.82, 2.24) is 19.1 Å². The van der Waals surface area contributed by atoms with Crippen LogP contribution in [0.2, 0.25) is 0 Å². The van der Waals surface area contributed by atoms with Gasteiger partial charge in [-0.05, 0) is 18.9 Å². The lowest BCUT2D eigenvalue weighted by Gasteiger charge is -2.24. The van der Waals surface area contributed by atoms with Gasteiger partial charge in [-0.3, -0.25) is 19.7 Å². The number of hydrogen-bond acceptors (Lipinski definition) is 9. The zero-order valence-corrected chi connectivity index (χ0v) is 16.8. The smallest absolute Gasteiger partial charge is 0.316 e. The van der Waals surface area contributed by atoms with E-state index < -0.39 is 32.7 Å². The first-order valence-electron chi connectivity index (χ1n) is 9.30. The summed E-state index contributed by atoms with van der Waals surface area (Å²) in [5, 5.41) is 11.5. The summed E-state index contributed by atoms with van der Waals surface area (Å²) in [5.74, 6) is 0. The number of hydrogen-bond donors (Lipinski definition) is 1. The van der Waals surface area contributed by atoms with E-state index >= 15 is 0 Å². The van der Waals surface area contributed by atoms with Crippen LogP contribution in [0, 0.1) is 10.1 Å². The number of aromatic nitrogens is 4. The second-order valence-corrected chi connectivity index (χ2v) is 8.08. The van der Waals surface area contributed by atoms with Gasteiger partial charge >= 0.3 is 21.5 Å². The predicted molar refractivity (Wildman–Crippen MR) is 106 cm³/mol. The maximum absolute atomic E-state index is 12.5. The Kier molecular flexibility index (Phi) is 5.43. The Balaban J connectivity index is 1.59. The SMILES string of the molecule is O=c1[nH]c2cc([N+](=O)[O-])c(-n3ccnc3)cc2n(CCCCCC2OS(=O)(=O)O2)c1=O. The molecule has 0 aliphatic carbocycles. The van der Waals surface area contributed by atoms with Crippen molar-refractivity contribution >= 4 is 27.1 Å². The molecule has 3 aromatic rings. The van der Waals surface area contributed by atoms with Gasteiger partial charge in [0.1, 0.15) is 5.69 Å². The van der Waals surface area contributed by atoms with Crippen LogP contribution in [0.1, 0.15) is 25.7 Å². The minimum absolute atomic E-state index is 0.168. The Morgan fingerprint density at radius 3 is 2.61 bits per heavy atom. The second-order valence-electron chi connectivity index (χ2n) is 6.88. The van der Waals surface area contributed by atoms with Gasteiger partial charge in [0.05, 0.1) is 22.3 Å². The first kappa shape index (κ1) is 20.9. The van der Waals surface area contributed by atoms with E-state index in [1.165, 1.54) is 40.0 Å². The molecule has 1 fully saturated rings. The minimum atomic E-state index is -3.82. The fourth-order valence-electron chi connectivity index (χ4n) is 3.40. The van der Waals surface area contributed by atoms with Crippen LogP contribution < -0.4 is 11.1 Å². The summed E-state index contributed by atoms with van der Waals surface area (Å²) in [4.78, 5) is 41.8. The van der Waals surface area contributed by atoms with Crippen molar-refractivity contribution in [2.75, 3.05) is 0 Å². The predicted octanol–water partition coefficient (Wildman–Crippen LogP) is 0.962. The number of aromatic amines is 1. The van der Waals surface area contributed by atoms with E-state index in [0.717, 1.165) is 0 Å². The lowest BCUT2D eigenvalue weighted by molar-refractivity contribution is -0.384. The molecule has 4 rings (SSSR count). The Labute approximate surface area is 174 Å². The molecule has 13 nitrogen and oxygen atoms in total. The van der Waals surface area contributed by atoms with Crippen molar-refractivity contribution in [2.45, 2.75) is 38.5 Å². The van der Waals surface area contributed by atoms with E-state index in [9.17, 15) is 28.1 Å². The van der Waals surface area contributed by atoms with Gasteiger partial charge in [0, 0.05) is 31.4 Å². The zero-order chi connectivity index (χ0) is 22.2. The average molecular weight is 451 g/mol. The molecule has 1 N–H and O–H groups in total. The van der Waals surface area contributed by atoms with E-state index in [2.05, 4.69) is 18.3 Å². The van der Waals surface area contributed by atoms with Gasteiger partial charge in [-0.25, -0.2) is 13.4 Å². The summed E-state index contributed by atoms with van der Waals surface area (Å²) in [5.41, 5.74) is -1.18. The number of nitrogens with one attached hydrogen (secondary N) is 1. The topological polar surface area (TPSA) is 168 Å². The van der Waals surface area contributed by atoms with Crippen LogP contribution in [0.3, 0.4) is 0 Å². The van der Waals surface area contributed by atoms with Gasteiger partial charge in [0.25, 0.3) is 5.69 Å². The quantitative estimate of drug-likeness (QED) is 0.227. The van der Waals surface area contributed by atoms with Crippen molar-refractivity contribution in [3.05, 3.63) is 61.7 Å². The van der Waals surface area contributed by atoms with E-state index in [4.69, 9.17) is 0 Å². The third-order valence-electron chi connectivity index (χ3n) is 4.82. The van der Waals surface area contributed by atoms with E-state index in [-0.39, 0.29) is 23.4 Å². The molecule has 1 aliphatic heterocycles. The van der Waals surface area contributed by atoms with Gasteiger partial charge in [-0.15, -0.1) is 0 Å². The number of fused-ring (bicyclic) bond motifs is 1. The highest BCUT2D eigenvalue weighted by Crippen LogP contribution is 2.27. The van der Waals surface area contributed by atoms with Crippen molar-refractivity contribution in [1.29, 1.82) is 0 Å². The maximum atomic E-state index is 12.5. The fraction of sp³-hybridized carbons (Fsp3) is 0.353. The standard InChI is InChI=1S/C17H17N5O8S/c23-16-17(24)21(6-3-1-2-4-15-29-31(27,28)30-15)12-9-13(20-7-5-18-10-20)14(22(25)26)8-11(12)19-16/h5,7-10,15H,1-4,6H2,(H,19,23). The lowest BCUT2D eigenvalue weighted by Crippen LogP contribution is -2.36. The summed E-state index contributed by atoms with van der Waals surface area (Å²) in [7, 11) is -3.82. The van der Waals surface area contributed by atoms with Gasteiger partial charge < -0.3 is 14.1 Å². The molecule has 164 valence electrons. The van der Waals surface area contributed by atoms with Crippen LogP contribution in [-0.2, 0) is 25.3 Å². The van der Waals surface area contributed by atoms with Crippen LogP contribution in [0.25, 0.3) is 16.7 Å². The van der Waals surface area contributed by atoms with Crippen LogP contribution in [0.5, 0.6) is 0 Å². The van der Waals surface area contributed by atoms with Crippen molar-refractivity contribution in [2.24, 2.45) is 0 Å². The summed E-state index contributed by atoms with van der Waals surface area (Å²) in [6.07, 6.45) is 5.70. The molecule has 0 radical (unpaired) electrons. The molecule has 3 heterocycles. The highest BCUT2D eigenvalue weighted by atomic mass is 32.3. The molecular formula is C17H17N5O8S. The number of imidazole rings is 1. The van der Waals surface area contributed by atoms with E-state index in [0.29, 0.717) is 31.2 Å². The molecule has 0 saturated carbocycles. The Morgan fingerprint density at radius 2 is 1.97 bits per heavy atom. The van der Waals surface area contributed by atoms with Gasteiger partial charge in [-0.1, -0.05) is 6.42 Å². The van der Waals surface area contributed by atoms with E-state index in [1.807, 2.05) is 0 Å². The lowest BCUT2D eigenvalue weighted by atomic mass is 10.1. The van der Waals surface area contributed by atoms with Crippen molar-refractivity contribution in [3.63, 3.8) is 0 Å². The molecule has 31 heavy (non-hydrogen) atoms. The van der Waals surface area contributed by atoms with E-state index in [1.54, 1.807) is 0 Å². The number of rotatable bonds is 8. The normalized spacial score (nSPS) is 15.7. The molecular weight excluding hydrogens is 434 g/mol. The number of nitro benzene ring substituents is 1. The summed E-state index contributed by atoms with van der Waals surface area (Å²) in [6, 6.07) is 2.68. The van der Waals surface area contributed by atoms with Crippen LogP contribution in [0.4, 0.5) is 5.69 Å². The number of aryl methyl sites for hydroxylation is 1. The van der Waals surface area contributed by atoms with Crippen LogP contribution in [0.15, 0.2) is 40.4 Å². The number of nitro groups is 1. The molecule has 1 aromatic carbocycles. The molecule has 0 spiro atoms. The first-order valence-corrected chi connectivity index (χ1v) is 10.6. The zero-order valence-electron chi connectivity index (χ0n) is 16.0. The van der Waals surface area contributed by atoms with Gasteiger partial charge in [-0.2, -0.15) is 8.42 Å². The summed E-state index contributed by atoms with van der Waals surface area (Å²) >= 11 is 0. The van der Waals surface area contributed by atoms with Crippen molar-refractivity contribution in [3.8, 4) is 5.69 Å². The highest BCUT2D eigenvalue weighted by Gasteiger charge is 2.35. The number of unbranched alkanes of at least 4 members (excludes halogenated alkanes) is 2. The minimum Gasteiger partial charge on any atom is -0.316 e.